The number of amides is 1. The van der Waals surface area contributed by atoms with Crippen molar-refractivity contribution in [1.82, 2.24) is 9.47 Å². The number of ether oxygens (including phenoxy) is 1. The van der Waals surface area contributed by atoms with Crippen LogP contribution in [0.4, 0.5) is 5.69 Å². The second-order valence-electron chi connectivity index (χ2n) is 7.92. The fourth-order valence-electron chi connectivity index (χ4n) is 3.78. The molecule has 1 aliphatic rings. The lowest BCUT2D eigenvalue weighted by Gasteiger charge is -2.10. The zero-order valence-corrected chi connectivity index (χ0v) is 20.4. The number of aromatic carboxylic acids is 1. The number of thioether (sulfide) groups is 1. The van der Waals surface area contributed by atoms with E-state index >= 15 is 0 Å². The number of aromatic nitrogens is 1. The number of rotatable bonds is 5. The maximum absolute atomic E-state index is 12.9. The molecule has 0 radical (unpaired) electrons. The molecule has 1 saturated heterocycles. The van der Waals surface area contributed by atoms with Gasteiger partial charge >= 0.3 is 11.9 Å². The number of aryl methyl sites for hydroxylation is 1. The van der Waals surface area contributed by atoms with Gasteiger partial charge in [0.05, 0.1) is 28.8 Å². The third kappa shape index (κ3) is 4.76. The smallest absolute Gasteiger partial charge is 0.337 e. The summed E-state index contributed by atoms with van der Waals surface area (Å²) in [5, 5.41) is 9.56. The Hall–Kier alpha value is -4.11. The minimum atomic E-state index is -1.01. The molecule has 0 unspecified atom stereocenters. The Labute approximate surface area is 206 Å². The summed E-state index contributed by atoms with van der Waals surface area (Å²) in [5.74, 6) is -1.56. The molecule has 1 N–H and O–H groups in total. The Kier molecular flexibility index (Phi) is 6.61. The lowest BCUT2D eigenvalue weighted by molar-refractivity contribution is -0.121. The van der Waals surface area contributed by atoms with Gasteiger partial charge in [-0.2, -0.15) is 0 Å². The molecule has 0 atom stereocenters. The van der Waals surface area contributed by atoms with Gasteiger partial charge in [0.2, 0.25) is 0 Å². The largest absolute Gasteiger partial charge is 0.478 e. The number of carboxylic acid groups (broad SMARTS) is 1. The van der Waals surface area contributed by atoms with Crippen molar-refractivity contribution in [1.29, 1.82) is 0 Å². The number of hydrogen-bond acceptors (Lipinski definition) is 6. The first kappa shape index (κ1) is 24.0. The molecule has 0 spiro atoms. The highest BCUT2D eigenvalue weighted by Crippen LogP contribution is 2.34. The average molecular weight is 490 g/mol. The fraction of sp³-hybridized carbons (Fsp3) is 0.154. The summed E-state index contributed by atoms with van der Waals surface area (Å²) in [4.78, 5) is 42.2. The molecule has 2 aromatic carbocycles. The maximum Gasteiger partial charge on any atom is 0.337 e. The lowest BCUT2D eigenvalue weighted by Crippen LogP contribution is -2.23. The van der Waals surface area contributed by atoms with Crippen LogP contribution in [0.15, 0.2) is 64.5 Å². The number of amidine groups is 1. The van der Waals surface area contributed by atoms with Crippen molar-refractivity contribution >= 4 is 46.5 Å². The Morgan fingerprint density at radius 2 is 1.66 bits per heavy atom. The van der Waals surface area contributed by atoms with E-state index in [2.05, 4.69) is 9.56 Å². The monoisotopic (exact) mass is 489 g/mol. The molecule has 2 heterocycles. The third-order valence-electron chi connectivity index (χ3n) is 5.65. The molecule has 1 aliphatic heterocycles. The van der Waals surface area contributed by atoms with E-state index in [1.165, 1.54) is 35.9 Å². The quantitative estimate of drug-likeness (QED) is 0.408. The molecule has 0 aliphatic carbocycles. The van der Waals surface area contributed by atoms with Crippen LogP contribution in [0.1, 0.15) is 37.7 Å². The van der Waals surface area contributed by atoms with E-state index in [1.807, 2.05) is 38.1 Å². The topological polar surface area (TPSA) is 101 Å². The van der Waals surface area contributed by atoms with Gasteiger partial charge in [0, 0.05) is 24.1 Å². The Bertz CT molecular complexity index is 1390. The fourth-order valence-corrected chi connectivity index (χ4v) is 4.76. The van der Waals surface area contributed by atoms with Crippen molar-refractivity contribution in [2.45, 2.75) is 13.8 Å². The molecule has 9 heteroatoms. The predicted molar refractivity (Wildman–Crippen MR) is 135 cm³/mol. The van der Waals surface area contributed by atoms with Crippen molar-refractivity contribution in [2.24, 2.45) is 4.99 Å². The standard InChI is InChI=1S/C26H23N3O5S/c1-15-13-19(16(2)29(15)21-11-7-18(8-12-21)25(33)34-4)14-22-23(30)28(3)26(35-22)27-20-9-5-17(6-10-20)24(31)32/h5-14H,1-4H3,(H,31,32)/b22-14-,27-26?. The molecular weight excluding hydrogens is 466 g/mol. The molecule has 35 heavy (non-hydrogen) atoms. The van der Waals surface area contributed by atoms with E-state index in [0.717, 1.165) is 22.6 Å². The van der Waals surface area contributed by atoms with Crippen molar-refractivity contribution in [3.05, 3.63) is 87.6 Å². The average Bonchev–Trinajstić information content (AvgIpc) is 3.28. The normalized spacial score (nSPS) is 15.8. The first-order valence-corrected chi connectivity index (χ1v) is 11.5. The van der Waals surface area contributed by atoms with Gasteiger partial charge in [0.25, 0.3) is 5.91 Å². The Balaban J connectivity index is 1.62. The van der Waals surface area contributed by atoms with E-state index in [4.69, 9.17) is 9.84 Å². The summed E-state index contributed by atoms with van der Waals surface area (Å²) in [5.41, 5.74) is 4.94. The van der Waals surface area contributed by atoms with Crippen LogP contribution in [0.2, 0.25) is 0 Å². The molecule has 4 rings (SSSR count). The number of likely N-dealkylation sites (N-methyl/N-ethyl adjacent to an activating group) is 1. The summed E-state index contributed by atoms with van der Waals surface area (Å²) in [6, 6.07) is 15.3. The van der Waals surface area contributed by atoms with Crippen LogP contribution in [-0.4, -0.2) is 51.7 Å². The molecule has 8 nitrogen and oxygen atoms in total. The zero-order valence-electron chi connectivity index (χ0n) is 19.6. The lowest BCUT2D eigenvalue weighted by atomic mass is 10.2. The number of nitrogens with zero attached hydrogens (tertiary/aromatic N) is 3. The number of hydrogen-bond donors (Lipinski definition) is 1. The van der Waals surface area contributed by atoms with Crippen LogP contribution in [0.5, 0.6) is 0 Å². The van der Waals surface area contributed by atoms with Gasteiger partial charge in [-0.25, -0.2) is 14.6 Å². The molecule has 1 fully saturated rings. The van der Waals surface area contributed by atoms with Crippen molar-refractivity contribution in [3.63, 3.8) is 0 Å². The highest BCUT2D eigenvalue weighted by Gasteiger charge is 2.30. The number of carboxylic acids is 1. The molecule has 0 bridgehead atoms. The summed E-state index contributed by atoms with van der Waals surface area (Å²) in [6.07, 6.45) is 1.85. The van der Waals surface area contributed by atoms with Gasteiger partial charge < -0.3 is 14.4 Å². The number of methoxy groups -OCH3 is 1. The summed E-state index contributed by atoms with van der Waals surface area (Å²) < 4.78 is 6.82. The molecule has 0 saturated carbocycles. The van der Waals surface area contributed by atoms with E-state index in [9.17, 15) is 14.4 Å². The second kappa shape index (κ2) is 9.63. The van der Waals surface area contributed by atoms with Crippen LogP contribution >= 0.6 is 11.8 Å². The minimum Gasteiger partial charge on any atom is -0.478 e. The summed E-state index contributed by atoms with van der Waals surface area (Å²) >= 11 is 1.26. The van der Waals surface area contributed by atoms with Gasteiger partial charge in [-0.1, -0.05) is 0 Å². The van der Waals surface area contributed by atoms with E-state index in [1.54, 1.807) is 31.3 Å². The minimum absolute atomic E-state index is 0.164. The van der Waals surface area contributed by atoms with Gasteiger partial charge in [-0.15, -0.1) is 0 Å². The van der Waals surface area contributed by atoms with Crippen LogP contribution in [0, 0.1) is 13.8 Å². The zero-order chi connectivity index (χ0) is 25.3. The van der Waals surface area contributed by atoms with Gasteiger partial charge in [0.1, 0.15) is 0 Å². The highest BCUT2D eigenvalue weighted by atomic mass is 32.2. The number of carbonyl (C=O) groups excluding carboxylic acids is 2. The predicted octanol–water partition coefficient (Wildman–Crippen LogP) is 4.81. The second-order valence-corrected chi connectivity index (χ2v) is 8.93. The number of benzene rings is 2. The molecule has 178 valence electrons. The SMILES string of the molecule is COC(=O)c1ccc(-n2c(C)cc(/C=C3\SC(=Nc4ccc(C(=O)O)cc4)N(C)C3=O)c2C)cc1. The number of aliphatic imine (C=N–C) groups is 1. The van der Waals surface area contributed by atoms with E-state index < -0.39 is 5.97 Å². The van der Waals surface area contributed by atoms with Gasteiger partial charge in [-0.3, -0.25) is 9.69 Å². The first-order chi connectivity index (χ1) is 16.7. The number of carbonyl (C=O) groups is 3. The highest BCUT2D eigenvalue weighted by molar-refractivity contribution is 8.18. The third-order valence-corrected chi connectivity index (χ3v) is 6.71. The summed E-state index contributed by atoms with van der Waals surface area (Å²) in [6.45, 7) is 3.95. The van der Waals surface area contributed by atoms with Crippen LogP contribution in [0.3, 0.4) is 0 Å². The van der Waals surface area contributed by atoms with Crippen molar-refractivity contribution in [2.75, 3.05) is 14.2 Å². The first-order valence-electron chi connectivity index (χ1n) is 10.7. The molecular formula is C26H23N3O5S. The van der Waals surface area contributed by atoms with Crippen LogP contribution in [0.25, 0.3) is 11.8 Å². The van der Waals surface area contributed by atoms with E-state index in [-0.39, 0.29) is 17.4 Å². The molecule has 1 amide bonds. The summed E-state index contributed by atoms with van der Waals surface area (Å²) in [7, 11) is 3.01. The maximum atomic E-state index is 12.9. The van der Waals surface area contributed by atoms with Crippen LogP contribution in [-0.2, 0) is 9.53 Å². The van der Waals surface area contributed by atoms with Crippen LogP contribution < -0.4 is 0 Å². The van der Waals surface area contributed by atoms with Gasteiger partial charge in [0.15, 0.2) is 5.17 Å². The number of esters is 1. The Morgan fingerprint density at radius 1 is 1.03 bits per heavy atom. The van der Waals surface area contributed by atoms with Crippen molar-refractivity contribution in [3.8, 4) is 5.69 Å². The molecule has 1 aromatic heterocycles. The van der Waals surface area contributed by atoms with Crippen molar-refractivity contribution < 1.29 is 24.2 Å². The Morgan fingerprint density at radius 3 is 2.26 bits per heavy atom. The molecule has 3 aromatic rings. The van der Waals surface area contributed by atoms with Gasteiger partial charge in [-0.05, 0) is 91.8 Å². The van der Waals surface area contributed by atoms with E-state index in [0.29, 0.717) is 21.3 Å².